The van der Waals surface area contributed by atoms with Crippen molar-refractivity contribution in [1.29, 1.82) is 0 Å². The van der Waals surface area contributed by atoms with Gasteiger partial charge >= 0.3 is 0 Å². The normalized spacial score (nSPS) is 18.3. The minimum atomic E-state index is 0.00415. The fourth-order valence-corrected chi connectivity index (χ4v) is 3.87. The number of hydrogen-bond acceptors (Lipinski definition) is 5. The molecule has 0 bridgehead atoms. The molecule has 0 amide bonds. The molecule has 0 spiro atoms. The standard InChI is InChI=1S/C14H16N2O2S/c1-8-3-4-10-11(5-8)19-14-12(10)13(15-7-16-14)18-6-9(2)17/h7-8H,3-6H2,1-2H3. The molecule has 1 unspecified atom stereocenters. The third kappa shape index (κ3) is 2.34. The molecule has 1 atom stereocenters. The molecule has 1 aliphatic rings. The van der Waals surface area contributed by atoms with Crippen LogP contribution in [0.4, 0.5) is 0 Å². The van der Waals surface area contributed by atoms with Crippen molar-refractivity contribution < 1.29 is 9.53 Å². The van der Waals surface area contributed by atoms with Crippen LogP contribution in [0.2, 0.25) is 0 Å². The number of aromatic nitrogens is 2. The number of aryl methyl sites for hydroxylation is 1. The van der Waals surface area contributed by atoms with Crippen molar-refractivity contribution in [3.63, 3.8) is 0 Å². The predicted octanol–water partition coefficient (Wildman–Crippen LogP) is 2.78. The first-order valence-electron chi connectivity index (χ1n) is 6.52. The summed E-state index contributed by atoms with van der Waals surface area (Å²) in [5.74, 6) is 1.30. The molecule has 0 aromatic carbocycles. The van der Waals surface area contributed by atoms with Gasteiger partial charge < -0.3 is 4.74 Å². The minimum absolute atomic E-state index is 0.00415. The van der Waals surface area contributed by atoms with Gasteiger partial charge in [0.1, 0.15) is 17.8 Å². The van der Waals surface area contributed by atoms with E-state index in [2.05, 4.69) is 16.9 Å². The summed E-state index contributed by atoms with van der Waals surface area (Å²) in [4.78, 5) is 22.0. The summed E-state index contributed by atoms with van der Waals surface area (Å²) in [6.45, 7) is 3.88. The first kappa shape index (κ1) is 12.5. The molecule has 19 heavy (non-hydrogen) atoms. The Morgan fingerprint density at radius 1 is 1.53 bits per heavy atom. The van der Waals surface area contributed by atoms with Crippen molar-refractivity contribution in [3.8, 4) is 5.88 Å². The van der Waals surface area contributed by atoms with Gasteiger partial charge in [0.15, 0.2) is 5.78 Å². The lowest BCUT2D eigenvalue weighted by molar-refractivity contribution is -0.118. The van der Waals surface area contributed by atoms with Gasteiger partial charge in [0.2, 0.25) is 5.88 Å². The van der Waals surface area contributed by atoms with Gasteiger partial charge in [0.25, 0.3) is 0 Å². The van der Waals surface area contributed by atoms with Gasteiger partial charge in [0.05, 0.1) is 5.39 Å². The van der Waals surface area contributed by atoms with Crippen molar-refractivity contribution in [2.45, 2.75) is 33.1 Å². The van der Waals surface area contributed by atoms with Gasteiger partial charge in [-0.3, -0.25) is 4.79 Å². The quantitative estimate of drug-likeness (QED) is 0.865. The highest BCUT2D eigenvalue weighted by Crippen LogP contribution is 2.40. The number of thiophene rings is 1. The molecular weight excluding hydrogens is 260 g/mol. The molecule has 2 aromatic rings. The number of hydrogen-bond donors (Lipinski definition) is 0. The third-order valence-corrected chi connectivity index (χ3v) is 4.63. The van der Waals surface area contributed by atoms with Gasteiger partial charge in [-0.2, -0.15) is 0 Å². The van der Waals surface area contributed by atoms with Crippen LogP contribution in [0, 0.1) is 5.92 Å². The molecule has 0 radical (unpaired) electrons. The van der Waals surface area contributed by atoms with Gasteiger partial charge in [0, 0.05) is 4.88 Å². The van der Waals surface area contributed by atoms with Crippen molar-refractivity contribution >= 4 is 27.3 Å². The number of nitrogens with zero attached hydrogens (tertiary/aromatic N) is 2. The van der Waals surface area contributed by atoms with Crippen LogP contribution in [0.15, 0.2) is 6.33 Å². The number of carbonyl (C=O) groups excluding carboxylic acids is 1. The Kier molecular flexibility index (Phi) is 3.22. The lowest BCUT2D eigenvalue weighted by atomic mass is 9.89. The van der Waals surface area contributed by atoms with Crippen LogP contribution in [-0.2, 0) is 17.6 Å². The van der Waals surface area contributed by atoms with Crippen LogP contribution in [0.1, 0.15) is 30.7 Å². The molecule has 1 aliphatic carbocycles. The second-order valence-corrected chi connectivity index (χ2v) is 6.29. The first-order chi connectivity index (χ1) is 9.15. The van der Waals surface area contributed by atoms with Crippen LogP contribution < -0.4 is 4.74 Å². The Balaban J connectivity index is 2.06. The van der Waals surface area contributed by atoms with Crippen molar-refractivity contribution in [3.05, 3.63) is 16.8 Å². The molecule has 0 saturated carbocycles. The monoisotopic (exact) mass is 276 g/mol. The van der Waals surface area contributed by atoms with Crippen LogP contribution in [0.5, 0.6) is 5.88 Å². The average molecular weight is 276 g/mol. The fraction of sp³-hybridized carbons (Fsp3) is 0.500. The van der Waals surface area contributed by atoms with Gasteiger partial charge in [-0.25, -0.2) is 9.97 Å². The molecule has 0 N–H and O–H groups in total. The Bertz CT molecular complexity index is 636. The maximum absolute atomic E-state index is 11.1. The Labute approximate surface area is 115 Å². The van der Waals surface area contributed by atoms with E-state index in [-0.39, 0.29) is 12.4 Å². The molecule has 5 heteroatoms. The number of rotatable bonds is 3. The lowest BCUT2D eigenvalue weighted by Crippen LogP contribution is -2.10. The van der Waals surface area contributed by atoms with Crippen LogP contribution in [0.3, 0.4) is 0 Å². The number of ether oxygens (including phenoxy) is 1. The number of Topliss-reactive ketones (excluding diaryl/α,β-unsaturated/α-hetero) is 1. The number of ketones is 1. The zero-order valence-electron chi connectivity index (χ0n) is 11.1. The van der Waals surface area contributed by atoms with E-state index in [1.165, 1.54) is 30.1 Å². The Morgan fingerprint density at radius 2 is 2.37 bits per heavy atom. The average Bonchev–Trinajstić information content (AvgIpc) is 2.73. The molecule has 0 aliphatic heterocycles. The molecule has 3 rings (SSSR count). The molecule has 4 nitrogen and oxygen atoms in total. The third-order valence-electron chi connectivity index (χ3n) is 3.47. The minimum Gasteiger partial charge on any atom is -0.469 e. The number of fused-ring (bicyclic) bond motifs is 3. The van der Waals surface area contributed by atoms with E-state index in [0.717, 1.165) is 29.0 Å². The first-order valence-corrected chi connectivity index (χ1v) is 7.34. The smallest absolute Gasteiger partial charge is 0.226 e. The fourth-order valence-electron chi connectivity index (χ4n) is 2.53. The predicted molar refractivity (Wildman–Crippen MR) is 74.8 cm³/mol. The summed E-state index contributed by atoms with van der Waals surface area (Å²) >= 11 is 1.74. The maximum atomic E-state index is 11.1. The van der Waals surface area contributed by atoms with Gasteiger partial charge in [-0.1, -0.05) is 6.92 Å². The summed E-state index contributed by atoms with van der Waals surface area (Å²) < 4.78 is 5.54. The molecule has 2 aromatic heterocycles. The van der Waals surface area contributed by atoms with E-state index in [1.807, 2.05) is 0 Å². The van der Waals surface area contributed by atoms with Crippen molar-refractivity contribution in [2.75, 3.05) is 6.61 Å². The molecule has 2 heterocycles. The van der Waals surface area contributed by atoms with Crippen molar-refractivity contribution in [2.24, 2.45) is 5.92 Å². The summed E-state index contributed by atoms with van der Waals surface area (Å²) in [5, 5.41) is 1.02. The van der Waals surface area contributed by atoms with E-state index < -0.39 is 0 Å². The summed E-state index contributed by atoms with van der Waals surface area (Å²) in [6.07, 6.45) is 4.88. The highest BCUT2D eigenvalue weighted by Gasteiger charge is 2.23. The van der Waals surface area contributed by atoms with Gasteiger partial charge in [-0.15, -0.1) is 11.3 Å². The molecular formula is C14H16N2O2S. The highest BCUT2D eigenvalue weighted by atomic mass is 32.1. The van der Waals surface area contributed by atoms with Crippen molar-refractivity contribution in [1.82, 2.24) is 9.97 Å². The molecule has 0 fully saturated rings. The van der Waals surface area contributed by atoms with Crippen LogP contribution in [0.25, 0.3) is 10.2 Å². The Morgan fingerprint density at radius 3 is 3.16 bits per heavy atom. The van der Waals surface area contributed by atoms with E-state index in [4.69, 9.17) is 4.74 Å². The lowest BCUT2D eigenvalue weighted by Gasteiger charge is -2.18. The summed E-state index contributed by atoms with van der Waals surface area (Å²) in [5.41, 5.74) is 1.33. The zero-order valence-corrected chi connectivity index (χ0v) is 11.9. The highest BCUT2D eigenvalue weighted by molar-refractivity contribution is 7.18. The van der Waals surface area contributed by atoms with Crippen LogP contribution in [-0.4, -0.2) is 22.4 Å². The topological polar surface area (TPSA) is 52.1 Å². The zero-order chi connectivity index (χ0) is 13.4. The SMILES string of the molecule is CC(=O)COc1ncnc2sc3c(c12)CCC(C)C3. The van der Waals surface area contributed by atoms with E-state index in [0.29, 0.717) is 5.88 Å². The van der Waals surface area contributed by atoms with E-state index in [1.54, 1.807) is 11.3 Å². The Hall–Kier alpha value is -1.49. The molecule has 100 valence electrons. The maximum Gasteiger partial charge on any atom is 0.226 e. The van der Waals surface area contributed by atoms with E-state index >= 15 is 0 Å². The number of carbonyl (C=O) groups is 1. The van der Waals surface area contributed by atoms with Crippen LogP contribution >= 0.6 is 11.3 Å². The largest absolute Gasteiger partial charge is 0.469 e. The summed E-state index contributed by atoms with van der Waals surface area (Å²) in [7, 11) is 0. The van der Waals surface area contributed by atoms with Gasteiger partial charge in [-0.05, 0) is 37.7 Å². The van der Waals surface area contributed by atoms with E-state index in [9.17, 15) is 4.79 Å². The molecule has 0 saturated heterocycles. The second-order valence-electron chi connectivity index (χ2n) is 5.20. The second kappa shape index (κ2) is 4.89. The summed E-state index contributed by atoms with van der Waals surface area (Å²) in [6, 6.07) is 0.